The molecule has 3 aromatic rings. The SMILES string of the molecule is N#Cc1ccc2[nH]cc(C(=O)c3ccc(Cl)c(N)c3)c2c1. The van der Waals surface area contributed by atoms with Crippen LogP contribution in [0, 0.1) is 11.3 Å². The number of fused-ring (bicyclic) bond motifs is 1. The van der Waals surface area contributed by atoms with E-state index >= 15 is 0 Å². The van der Waals surface area contributed by atoms with Crippen LogP contribution in [-0.2, 0) is 0 Å². The van der Waals surface area contributed by atoms with Gasteiger partial charge in [0.2, 0.25) is 0 Å². The summed E-state index contributed by atoms with van der Waals surface area (Å²) in [6.07, 6.45) is 1.64. The number of hydrogen-bond acceptors (Lipinski definition) is 3. The summed E-state index contributed by atoms with van der Waals surface area (Å²) in [7, 11) is 0. The number of halogens is 1. The maximum atomic E-state index is 12.6. The van der Waals surface area contributed by atoms with Gasteiger partial charge in [-0.15, -0.1) is 0 Å². The van der Waals surface area contributed by atoms with E-state index in [4.69, 9.17) is 22.6 Å². The number of nitrogens with two attached hydrogens (primary N) is 1. The Morgan fingerprint density at radius 2 is 2.05 bits per heavy atom. The van der Waals surface area contributed by atoms with Crippen molar-refractivity contribution in [2.75, 3.05) is 5.73 Å². The highest BCUT2D eigenvalue weighted by Crippen LogP contribution is 2.25. The molecule has 0 aliphatic heterocycles. The summed E-state index contributed by atoms with van der Waals surface area (Å²) in [5, 5.41) is 10.1. The third-order valence-corrected chi connectivity index (χ3v) is 3.66. The molecule has 0 saturated carbocycles. The number of nitrogens with zero attached hydrogens (tertiary/aromatic N) is 1. The molecule has 3 rings (SSSR count). The van der Waals surface area contributed by atoms with Crippen molar-refractivity contribution in [1.82, 2.24) is 4.98 Å². The Morgan fingerprint density at radius 1 is 1.24 bits per heavy atom. The highest BCUT2D eigenvalue weighted by molar-refractivity contribution is 6.33. The first-order valence-corrected chi connectivity index (χ1v) is 6.59. The van der Waals surface area contributed by atoms with E-state index in [2.05, 4.69) is 11.1 Å². The van der Waals surface area contributed by atoms with Crippen LogP contribution in [-0.4, -0.2) is 10.8 Å². The fourth-order valence-electron chi connectivity index (χ4n) is 2.22. The summed E-state index contributed by atoms with van der Waals surface area (Å²) < 4.78 is 0. The number of carbonyl (C=O) groups is 1. The lowest BCUT2D eigenvalue weighted by Crippen LogP contribution is -2.01. The van der Waals surface area contributed by atoms with Gasteiger partial charge in [0, 0.05) is 28.2 Å². The van der Waals surface area contributed by atoms with Gasteiger partial charge in [0.15, 0.2) is 5.78 Å². The van der Waals surface area contributed by atoms with E-state index in [0.717, 1.165) is 5.52 Å². The van der Waals surface area contributed by atoms with Crippen LogP contribution >= 0.6 is 11.6 Å². The number of benzene rings is 2. The molecule has 1 heterocycles. The number of H-pyrrole nitrogens is 1. The van der Waals surface area contributed by atoms with Gasteiger partial charge in [-0.05, 0) is 36.4 Å². The van der Waals surface area contributed by atoms with Crippen LogP contribution in [0.15, 0.2) is 42.6 Å². The number of aromatic amines is 1. The van der Waals surface area contributed by atoms with Gasteiger partial charge in [-0.3, -0.25) is 4.79 Å². The van der Waals surface area contributed by atoms with E-state index in [1.165, 1.54) is 0 Å². The Labute approximate surface area is 125 Å². The second-order valence-corrected chi connectivity index (χ2v) is 5.05. The summed E-state index contributed by atoms with van der Waals surface area (Å²) in [5.74, 6) is -0.167. The topological polar surface area (TPSA) is 82.7 Å². The minimum Gasteiger partial charge on any atom is -0.398 e. The normalized spacial score (nSPS) is 10.5. The molecule has 0 aliphatic carbocycles. The van der Waals surface area contributed by atoms with E-state index in [-0.39, 0.29) is 5.78 Å². The molecule has 102 valence electrons. The molecule has 0 bridgehead atoms. The minimum absolute atomic E-state index is 0.167. The molecule has 21 heavy (non-hydrogen) atoms. The number of rotatable bonds is 2. The molecule has 0 fully saturated rings. The number of ketones is 1. The van der Waals surface area contributed by atoms with Gasteiger partial charge in [-0.2, -0.15) is 5.26 Å². The number of hydrogen-bond donors (Lipinski definition) is 2. The van der Waals surface area contributed by atoms with Crippen molar-refractivity contribution in [3.05, 3.63) is 64.3 Å². The van der Waals surface area contributed by atoms with Gasteiger partial charge in [-0.1, -0.05) is 11.6 Å². The Morgan fingerprint density at radius 3 is 2.76 bits per heavy atom. The smallest absolute Gasteiger partial charge is 0.195 e. The maximum absolute atomic E-state index is 12.6. The molecule has 0 amide bonds. The quantitative estimate of drug-likeness (QED) is 0.560. The predicted octanol–water partition coefficient (Wildman–Crippen LogP) is 3.51. The van der Waals surface area contributed by atoms with Crippen LogP contribution in [0.5, 0.6) is 0 Å². The van der Waals surface area contributed by atoms with E-state index in [9.17, 15) is 4.79 Å². The monoisotopic (exact) mass is 295 g/mol. The molecule has 0 spiro atoms. The Hall–Kier alpha value is -2.77. The van der Waals surface area contributed by atoms with Crippen molar-refractivity contribution >= 4 is 34.0 Å². The third kappa shape index (κ3) is 2.24. The second kappa shape index (κ2) is 4.97. The van der Waals surface area contributed by atoms with Gasteiger partial charge in [-0.25, -0.2) is 0 Å². The molecular formula is C16H10ClN3O. The molecule has 1 aromatic heterocycles. The first kappa shape index (κ1) is 13.2. The largest absolute Gasteiger partial charge is 0.398 e. The summed E-state index contributed by atoms with van der Waals surface area (Å²) in [4.78, 5) is 15.6. The lowest BCUT2D eigenvalue weighted by molar-refractivity contribution is 0.104. The van der Waals surface area contributed by atoms with Crippen LogP contribution in [0.1, 0.15) is 21.5 Å². The molecule has 4 nitrogen and oxygen atoms in total. The first-order valence-electron chi connectivity index (χ1n) is 6.21. The number of carbonyl (C=O) groups excluding carboxylic acids is 1. The average molecular weight is 296 g/mol. The number of nitriles is 1. The molecule has 5 heteroatoms. The van der Waals surface area contributed by atoms with Crippen LogP contribution in [0.2, 0.25) is 5.02 Å². The van der Waals surface area contributed by atoms with Crippen LogP contribution in [0.3, 0.4) is 0 Å². The van der Waals surface area contributed by atoms with Crippen molar-refractivity contribution in [1.29, 1.82) is 5.26 Å². The number of nitrogen functional groups attached to an aromatic ring is 1. The van der Waals surface area contributed by atoms with Crippen molar-refractivity contribution in [2.24, 2.45) is 0 Å². The average Bonchev–Trinajstić information content (AvgIpc) is 2.92. The zero-order valence-corrected chi connectivity index (χ0v) is 11.6. The van der Waals surface area contributed by atoms with Crippen molar-refractivity contribution < 1.29 is 4.79 Å². The summed E-state index contributed by atoms with van der Waals surface area (Å²) in [5.41, 5.74) is 8.37. The number of nitrogens with one attached hydrogen (secondary N) is 1. The van der Waals surface area contributed by atoms with Crippen LogP contribution < -0.4 is 5.73 Å². The highest BCUT2D eigenvalue weighted by atomic mass is 35.5. The summed E-state index contributed by atoms with van der Waals surface area (Å²) >= 11 is 5.87. The minimum atomic E-state index is -0.167. The van der Waals surface area contributed by atoms with Crippen molar-refractivity contribution in [2.45, 2.75) is 0 Å². The zero-order chi connectivity index (χ0) is 15.0. The second-order valence-electron chi connectivity index (χ2n) is 4.64. The van der Waals surface area contributed by atoms with Crippen molar-refractivity contribution in [3.63, 3.8) is 0 Å². The van der Waals surface area contributed by atoms with E-state index in [1.54, 1.807) is 42.6 Å². The van der Waals surface area contributed by atoms with Gasteiger partial charge in [0.05, 0.1) is 22.3 Å². The van der Waals surface area contributed by atoms with E-state index in [1.807, 2.05) is 0 Å². The molecule has 3 N–H and O–H groups in total. The first-order chi connectivity index (χ1) is 10.1. The Kier molecular flexibility index (Phi) is 3.13. The molecule has 0 atom stereocenters. The molecule has 2 aromatic carbocycles. The van der Waals surface area contributed by atoms with Crippen LogP contribution in [0.4, 0.5) is 5.69 Å². The van der Waals surface area contributed by atoms with Gasteiger partial charge in [0.25, 0.3) is 0 Å². The van der Waals surface area contributed by atoms with Gasteiger partial charge >= 0.3 is 0 Å². The van der Waals surface area contributed by atoms with Crippen LogP contribution in [0.25, 0.3) is 10.9 Å². The van der Waals surface area contributed by atoms with E-state index in [0.29, 0.717) is 32.8 Å². The highest BCUT2D eigenvalue weighted by Gasteiger charge is 2.15. The molecular weight excluding hydrogens is 286 g/mol. The Balaban J connectivity index is 2.13. The fourth-order valence-corrected chi connectivity index (χ4v) is 2.34. The third-order valence-electron chi connectivity index (χ3n) is 3.31. The standard InChI is InChI=1S/C16H10ClN3O/c17-13-3-2-10(6-14(13)19)16(21)12-8-20-15-4-1-9(7-18)5-11(12)15/h1-6,8,20H,19H2. The summed E-state index contributed by atoms with van der Waals surface area (Å²) in [6, 6.07) is 12.0. The molecule has 0 unspecified atom stereocenters. The lowest BCUT2D eigenvalue weighted by Gasteiger charge is -2.03. The fraction of sp³-hybridized carbons (Fsp3) is 0. The molecule has 0 saturated heterocycles. The number of aromatic nitrogens is 1. The van der Waals surface area contributed by atoms with Gasteiger partial charge < -0.3 is 10.7 Å². The summed E-state index contributed by atoms with van der Waals surface area (Å²) in [6.45, 7) is 0. The molecule has 0 radical (unpaired) electrons. The zero-order valence-electron chi connectivity index (χ0n) is 10.9. The maximum Gasteiger partial charge on any atom is 0.195 e. The predicted molar refractivity (Wildman–Crippen MR) is 82.3 cm³/mol. The van der Waals surface area contributed by atoms with Gasteiger partial charge in [0.1, 0.15) is 0 Å². The number of anilines is 1. The van der Waals surface area contributed by atoms with E-state index < -0.39 is 0 Å². The molecule has 0 aliphatic rings. The Bertz CT molecular complexity index is 906. The lowest BCUT2D eigenvalue weighted by atomic mass is 10.0. The van der Waals surface area contributed by atoms with Crippen molar-refractivity contribution in [3.8, 4) is 6.07 Å².